The summed E-state index contributed by atoms with van der Waals surface area (Å²) >= 11 is 0. The average molecular weight is 317 g/mol. The van der Waals surface area contributed by atoms with E-state index in [0.29, 0.717) is 30.9 Å². The van der Waals surface area contributed by atoms with Crippen LogP contribution in [0.15, 0.2) is 24.3 Å². The molecule has 1 saturated heterocycles. The standard InChI is InChI=1S/C16H15NO6/c18-14-2-1-7-17(14)15(19)9-21-16(20)6-4-11-3-5-12-13(8-11)23-10-22-12/h3-6,8H,1-2,7,9-10H2/b6-4+. The van der Waals surface area contributed by atoms with Gasteiger partial charge in [0.15, 0.2) is 18.1 Å². The molecule has 7 heteroatoms. The molecule has 7 nitrogen and oxygen atoms in total. The van der Waals surface area contributed by atoms with Crippen molar-refractivity contribution in [3.63, 3.8) is 0 Å². The molecule has 2 amide bonds. The number of nitrogens with zero attached hydrogens (tertiary/aromatic N) is 1. The van der Waals surface area contributed by atoms with Gasteiger partial charge in [-0.1, -0.05) is 6.07 Å². The number of esters is 1. The van der Waals surface area contributed by atoms with Crippen LogP contribution in [0.3, 0.4) is 0 Å². The van der Waals surface area contributed by atoms with Crippen LogP contribution in [-0.2, 0) is 19.1 Å². The van der Waals surface area contributed by atoms with Crippen molar-refractivity contribution in [1.29, 1.82) is 0 Å². The monoisotopic (exact) mass is 317 g/mol. The van der Waals surface area contributed by atoms with E-state index in [1.54, 1.807) is 24.3 Å². The predicted molar refractivity (Wildman–Crippen MR) is 78.5 cm³/mol. The number of carbonyl (C=O) groups is 3. The highest BCUT2D eigenvalue weighted by Crippen LogP contribution is 2.32. The third-order valence-electron chi connectivity index (χ3n) is 3.52. The zero-order valence-electron chi connectivity index (χ0n) is 12.3. The van der Waals surface area contributed by atoms with Crippen LogP contribution < -0.4 is 9.47 Å². The van der Waals surface area contributed by atoms with Crippen molar-refractivity contribution in [2.24, 2.45) is 0 Å². The van der Waals surface area contributed by atoms with Crippen molar-refractivity contribution < 1.29 is 28.6 Å². The smallest absolute Gasteiger partial charge is 0.331 e. The Morgan fingerprint density at radius 2 is 2.09 bits per heavy atom. The Bertz CT molecular complexity index is 681. The molecule has 2 aliphatic rings. The maximum atomic E-state index is 11.7. The number of benzene rings is 1. The maximum Gasteiger partial charge on any atom is 0.331 e. The molecule has 1 fully saturated rings. The van der Waals surface area contributed by atoms with Gasteiger partial charge in [0.1, 0.15) is 0 Å². The van der Waals surface area contributed by atoms with Gasteiger partial charge in [0, 0.05) is 19.0 Å². The van der Waals surface area contributed by atoms with E-state index in [0.717, 1.165) is 10.5 Å². The number of likely N-dealkylation sites (tertiary alicyclic amines) is 1. The highest BCUT2D eigenvalue weighted by Gasteiger charge is 2.26. The Morgan fingerprint density at radius 3 is 2.87 bits per heavy atom. The average Bonchev–Trinajstić information content (AvgIpc) is 3.18. The van der Waals surface area contributed by atoms with E-state index in [1.807, 2.05) is 0 Å². The Labute approximate surface area is 132 Å². The van der Waals surface area contributed by atoms with Gasteiger partial charge in [-0.25, -0.2) is 4.79 Å². The SMILES string of the molecule is O=C(/C=C/c1ccc2c(c1)OCO2)OCC(=O)N1CCCC1=O. The lowest BCUT2D eigenvalue weighted by molar-refractivity contribution is -0.151. The number of hydrogen-bond donors (Lipinski definition) is 0. The minimum absolute atomic E-state index is 0.182. The number of imide groups is 1. The summed E-state index contributed by atoms with van der Waals surface area (Å²) in [6, 6.07) is 5.25. The Kier molecular flexibility index (Phi) is 4.27. The van der Waals surface area contributed by atoms with E-state index in [9.17, 15) is 14.4 Å². The zero-order valence-corrected chi connectivity index (χ0v) is 12.3. The van der Waals surface area contributed by atoms with Gasteiger partial charge < -0.3 is 14.2 Å². The van der Waals surface area contributed by atoms with Gasteiger partial charge in [-0.3, -0.25) is 14.5 Å². The predicted octanol–water partition coefficient (Wildman–Crippen LogP) is 1.12. The van der Waals surface area contributed by atoms with Crippen LogP contribution in [0, 0.1) is 0 Å². The lowest BCUT2D eigenvalue weighted by Gasteiger charge is -2.12. The number of amides is 2. The first-order valence-corrected chi connectivity index (χ1v) is 7.21. The van der Waals surface area contributed by atoms with Gasteiger partial charge in [0.25, 0.3) is 5.91 Å². The Hall–Kier alpha value is -2.83. The molecule has 2 aliphatic heterocycles. The van der Waals surface area contributed by atoms with Crippen molar-refractivity contribution in [1.82, 2.24) is 4.90 Å². The molecule has 0 saturated carbocycles. The molecule has 0 radical (unpaired) electrons. The summed E-state index contributed by atoms with van der Waals surface area (Å²) in [4.78, 5) is 35.9. The molecule has 0 aromatic heterocycles. The third kappa shape index (κ3) is 3.50. The van der Waals surface area contributed by atoms with Crippen LogP contribution in [0.1, 0.15) is 18.4 Å². The molecule has 0 spiro atoms. The van der Waals surface area contributed by atoms with E-state index in [-0.39, 0.29) is 12.7 Å². The van der Waals surface area contributed by atoms with Crippen LogP contribution >= 0.6 is 0 Å². The van der Waals surface area contributed by atoms with Crippen LogP contribution in [0.5, 0.6) is 11.5 Å². The number of hydrogen-bond acceptors (Lipinski definition) is 6. The highest BCUT2D eigenvalue weighted by atomic mass is 16.7. The third-order valence-corrected chi connectivity index (χ3v) is 3.52. The van der Waals surface area contributed by atoms with Gasteiger partial charge >= 0.3 is 5.97 Å². The Morgan fingerprint density at radius 1 is 1.26 bits per heavy atom. The van der Waals surface area contributed by atoms with Crippen molar-refractivity contribution in [2.75, 3.05) is 19.9 Å². The lowest BCUT2D eigenvalue weighted by atomic mass is 10.2. The van der Waals surface area contributed by atoms with Gasteiger partial charge in [-0.15, -0.1) is 0 Å². The number of carbonyl (C=O) groups excluding carboxylic acids is 3. The molecule has 0 bridgehead atoms. The minimum Gasteiger partial charge on any atom is -0.454 e. The quantitative estimate of drug-likeness (QED) is 0.611. The van der Waals surface area contributed by atoms with E-state index in [1.165, 1.54) is 6.08 Å². The number of ether oxygens (including phenoxy) is 3. The summed E-state index contributed by atoms with van der Waals surface area (Å²) in [5.41, 5.74) is 0.743. The van der Waals surface area contributed by atoms with Gasteiger partial charge in [0.2, 0.25) is 12.7 Å². The maximum absolute atomic E-state index is 11.7. The number of fused-ring (bicyclic) bond motifs is 1. The Balaban J connectivity index is 1.51. The summed E-state index contributed by atoms with van der Waals surface area (Å²) in [5, 5.41) is 0. The van der Waals surface area contributed by atoms with Crippen LogP contribution in [0.4, 0.5) is 0 Å². The molecule has 3 rings (SSSR count). The fraction of sp³-hybridized carbons (Fsp3) is 0.312. The van der Waals surface area contributed by atoms with Crippen molar-refractivity contribution in [2.45, 2.75) is 12.8 Å². The summed E-state index contributed by atoms with van der Waals surface area (Å²) in [5.74, 6) is -0.0872. The van der Waals surface area contributed by atoms with Gasteiger partial charge in [-0.05, 0) is 30.2 Å². The zero-order chi connectivity index (χ0) is 16.2. The van der Waals surface area contributed by atoms with Crippen molar-refractivity contribution >= 4 is 23.9 Å². The van der Waals surface area contributed by atoms with Crippen LogP contribution in [0.25, 0.3) is 6.08 Å². The summed E-state index contributed by atoms with van der Waals surface area (Å²) in [6.07, 6.45) is 3.79. The molecule has 0 unspecified atom stereocenters. The normalized spacial score (nSPS) is 16.2. The fourth-order valence-electron chi connectivity index (χ4n) is 2.35. The van der Waals surface area contributed by atoms with Crippen molar-refractivity contribution in [3.8, 4) is 11.5 Å². The second kappa shape index (κ2) is 6.51. The second-order valence-electron chi connectivity index (χ2n) is 5.10. The summed E-state index contributed by atoms with van der Waals surface area (Å²) in [7, 11) is 0. The molecule has 2 heterocycles. The van der Waals surface area contributed by atoms with E-state index < -0.39 is 18.5 Å². The van der Waals surface area contributed by atoms with Gasteiger partial charge in [0.05, 0.1) is 0 Å². The highest BCUT2D eigenvalue weighted by molar-refractivity contribution is 5.98. The fourth-order valence-corrected chi connectivity index (χ4v) is 2.35. The largest absolute Gasteiger partial charge is 0.454 e. The molecule has 120 valence electrons. The van der Waals surface area contributed by atoms with E-state index >= 15 is 0 Å². The molecular formula is C16H15NO6. The summed E-state index contributed by atoms with van der Waals surface area (Å²) in [6.45, 7) is 0.139. The summed E-state index contributed by atoms with van der Waals surface area (Å²) < 4.78 is 15.3. The van der Waals surface area contributed by atoms with E-state index in [2.05, 4.69) is 0 Å². The first kappa shape index (κ1) is 15.1. The minimum atomic E-state index is -0.650. The van der Waals surface area contributed by atoms with Crippen LogP contribution in [0.2, 0.25) is 0 Å². The first-order chi connectivity index (χ1) is 11.1. The second-order valence-corrected chi connectivity index (χ2v) is 5.10. The molecule has 0 N–H and O–H groups in total. The lowest BCUT2D eigenvalue weighted by Crippen LogP contribution is -2.35. The molecule has 1 aromatic carbocycles. The van der Waals surface area contributed by atoms with Crippen LogP contribution in [-0.4, -0.2) is 42.6 Å². The molecule has 0 atom stereocenters. The molecule has 0 aliphatic carbocycles. The molecule has 23 heavy (non-hydrogen) atoms. The van der Waals surface area contributed by atoms with E-state index in [4.69, 9.17) is 14.2 Å². The topological polar surface area (TPSA) is 82.1 Å². The molecular weight excluding hydrogens is 302 g/mol. The van der Waals surface area contributed by atoms with Gasteiger partial charge in [-0.2, -0.15) is 0 Å². The molecule has 1 aromatic rings. The number of rotatable bonds is 4. The van der Waals surface area contributed by atoms with Crippen molar-refractivity contribution in [3.05, 3.63) is 29.8 Å². The first-order valence-electron chi connectivity index (χ1n) is 7.21.